The molecule has 1 aliphatic heterocycles. The number of carbonyl (C=O) groups excluding carboxylic acids is 1. The summed E-state index contributed by atoms with van der Waals surface area (Å²) in [4.78, 5) is 19.3. The van der Waals surface area contributed by atoms with E-state index in [2.05, 4.69) is 15.2 Å². The summed E-state index contributed by atoms with van der Waals surface area (Å²) in [6.45, 7) is 6.03. The summed E-state index contributed by atoms with van der Waals surface area (Å²) in [5, 5.41) is 2.85. The van der Waals surface area contributed by atoms with Crippen molar-refractivity contribution in [3.63, 3.8) is 0 Å². The second-order valence-electron chi connectivity index (χ2n) is 6.57. The van der Waals surface area contributed by atoms with Gasteiger partial charge in [0.1, 0.15) is 11.6 Å². The van der Waals surface area contributed by atoms with Gasteiger partial charge in [0.2, 0.25) is 0 Å². The van der Waals surface area contributed by atoms with Crippen LogP contribution >= 0.6 is 0 Å². The van der Waals surface area contributed by atoms with E-state index in [-0.39, 0.29) is 12.0 Å². The van der Waals surface area contributed by atoms with E-state index >= 15 is 0 Å². The number of anilines is 2. The zero-order valence-corrected chi connectivity index (χ0v) is 14.9. The van der Waals surface area contributed by atoms with Crippen molar-refractivity contribution in [1.82, 2.24) is 4.98 Å². The lowest BCUT2D eigenvalue weighted by Gasteiger charge is -2.28. The summed E-state index contributed by atoms with van der Waals surface area (Å²) in [6.07, 6.45) is 5.60. The van der Waals surface area contributed by atoms with Crippen LogP contribution in [0.5, 0.6) is 5.75 Å². The Bertz CT molecular complexity index is 707. The Labute approximate surface area is 149 Å². The summed E-state index contributed by atoms with van der Waals surface area (Å²) in [5.41, 5.74) is 1.62. The number of ether oxygens (including phenoxy) is 1. The third-order valence-electron chi connectivity index (χ3n) is 4.21. The van der Waals surface area contributed by atoms with E-state index in [0.29, 0.717) is 17.1 Å². The van der Waals surface area contributed by atoms with E-state index in [4.69, 9.17) is 4.74 Å². The quantitative estimate of drug-likeness (QED) is 0.890. The lowest BCUT2D eigenvalue weighted by molar-refractivity contribution is 0.102. The summed E-state index contributed by atoms with van der Waals surface area (Å²) in [6, 6.07) is 11.1. The maximum atomic E-state index is 12.6. The van der Waals surface area contributed by atoms with Crippen molar-refractivity contribution in [2.24, 2.45) is 0 Å². The number of carbonyl (C=O) groups is 1. The molecule has 0 spiro atoms. The highest BCUT2D eigenvalue weighted by Gasteiger charge is 2.15. The number of nitrogens with zero attached hydrogens (tertiary/aromatic N) is 2. The minimum atomic E-state index is -0.213. The zero-order valence-electron chi connectivity index (χ0n) is 14.9. The lowest BCUT2D eigenvalue weighted by atomic mass is 10.1. The van der Waals surface area contributed by atoms with Gasteiger partial charge in [0, 0.05) is 13.1 Å². The molecule has 2 aromatic rings. The average molecular weight is 339 g/mol. The van der Waals surface area contributed by atoms with Crippen LogP contribution in [0, 0.1) is 0 Å². The van der Waals surface area contributed by atoms with E-state index in [1.807, 2.05) is 50.4 Å². The molecule has 1 amide bonds. The molecule has 1 aromatic heterocycles. The average Bonchev–Trinajstić information content (AvgIpc) is 2.63. The zero-order chi connectivity index (χ0) is 17.6. The smallest absolute Gasteiger partial charge is 0.260 e. The van der Waals surface area contributed by atoms with Gasteiger partial charge in [-0.3, -0.25) is 4.79 Å². The summed E-state index contributed by atoms with van der Waals surface area (Å²) in [5.74, 6) is 0.916. The summed E-state index contributed by atoms with van der Waals surface area (Å²) in [7, 11) is 0. The van der Waals surface area contributed by atoms with Gasteiger partial charge in [-0.1, -0.05) is 12.1 Å². The first-order valence-electron chi connectivity index (χ1n) is 8.91. The van der Waals surface area contributed by atoms with Gasteiger partial charge in [-0.15, -0.1) is 0 Å². The number of aromatic nitrogens is 1. The molecule has 1 N–H and O–H groups in total. The third kappa shape index (κ3) is 4.50. The number of benzene rings is 1. The molecule has 132 valence electrons. The fourth-order valence-electron chi connectivity index (χ4n) is 2.99. The molecule has 1 saturated heterocycles. The number of amides is 1. The van der Waals surface area contributed by atoms with Crippen molar-refractivity contribution in [3.8, 4) is 5.75 Å². The van der Waals surface area contributed by atoms with Gasteiger partial charge >= 0.3 is 0 Å². The minimum absolute atomic E-state index is 0.0101. The fourth-order valence-corrected chi connectivity index (χ4v) is 2.99. The fraction of sp³-hybridized carbons (Fsp3) is 0.400. The van der Waals surface area contributed by atoms with Gasteiger partial charge in [-0.05, 0) is 57.4 Å². The molecule has 3 rings (SSSR count). The minimum Gasteiger partial charge on any atom is -0.490 e. The van der Waals surface area contributed by atoms with Crippen molar-refractivity contribution in [2.45, 2.75) is 39.2 Å². The molecule has 0 radical (unpaired) electrons. The van der Waals surface area contributed by atoms with Crippen LogP contribution in [0.3, 0.4) is 0 Å². The van der Waals surface area contributed by atoms with Crippen LogP contribution in [-0.2, 0) is 0 Å². The number of rotatable bonds is 5. The van der Waals surface area contributed by atoms with Crippen molar-refractivity contribution in [3.05, 3.63) is 48.2 Å². The number of piperidine rings is 1. The van der Waals surface area contributed by atoms with E-state index in [9.17, 15) is 4.79 Å². The van der Waals surface area contributed by atoms with Crippen LogP contribution in [0.2, 0.25) is 0 Å². The topological polar surface area (TPSA) is 54.5 Å². The largest absolute Gasteiger partial charge is 0.490 e. The molecule has 0 aliphatic carbocycles. The molecule has 5 nitrogen and oxygen atoms in total. The van der Waals surface area contributed by atoms with Gasteiger partial charge in [0.15, 0.2) is 0 Å². The molecule has 5 heteroatoms. The Morgan fingerprint density at radius 2 is 1.88 bits per heavy atom. The Morgan fingerprint density at radius 3 is 2.56 bits per heavy atom. The molecule has 25 heavy (non-hydrogen) atoms. The molecule has 0 saturated carbocycles. The highest BCUT2D eigenvalue weighted by atomic mass is 16.5. The van der Waals surface area contributed by atoms with Gasteiger partial charge in [0.05, 0.1) is 23.6 Å². The molecule has 0 bridgehead atoms. The lowest BCUT2D eigenvalue weighted by Crippen LogP contribution is -2.29. The van der Waals surface area contributed by atoms with Crippen LogP contribution in [0.1, 0.15) is 43.5 Å². The second-order valence-corrected chi connectivity index (χ2v) is 6.57. The number of nitrogens with one attached hydrogen (secondary N) is 1. The summed E-state index contributed by atoms with van der Waals surface area (Å²) < 4.78 is 5.71. The highest BCUT2D eigenvalue weighted by molar-refractivity contribution is 6.05. The van der Waals surface area contributed by atoms with Gasteiger partial charge in [-0.2, -0.15) is 0 Å². The van der Waals surface area contributed by atoms with Crippen LogP contribution in [0.25, 0.3) is 0 Å². The van der Waals surface area contributed by atoms with Gasteiger partial charge < -0.3 is 15.0 Å². The predicted molar refractivity (Wildman–Crippen MR) is 100 cm³/mol. The monoisotopic (exact) mass is 339 g/mol. The number of pyridine rings is 1. The SMILES string of the molecule is CC(C)Oc1ccccc1C(=O)Nc1ccc(N2CCCCC2)cn1. The maximum Gasteiger partial charge on any atom is 0.260 e. The normalized spacial score (nSPS) is 14.4. The molecule has 0 atom stereocenters. The van der Waals surface area contributed by atoms with Crippen LogP contribution in [0.4, 0.5) is 11.5 Å². The Morgan fingerprint density at radius 1 is 1.12 bits per heavy atom. The van der Waals surface area contributed by atoms with Crippen molar-refractivity contribution in [2.75, 3.05) is 23.3 Å². The first kappa shape index (κ1) is 17.3. The van der Waals surface area contributed by atoms with Crippen LogP contribution in [0.15, 0.2) is 42.6 Å². The molecule has 2 heterocycles. The molecule has 1 aliphatic rings. The Kier molecular flexibility index (Phi) is 5.53. The first-order chi connectivity index (χ1) is 12.1. The molecule has 1 fully saturated rings. The number of hydrogen-bond acceptors (Lipinski definition) is 4. The van der Waals surface area contributed by atoms with Crippen LogP contribution < -0.4 is 15.0 Å². The third-order valence-corrected chi connectivity index (χ3v) is 4.21. The van der Waals surface area contributed by atoms with E-state index < -0.39 is 0 Å². The van der Waals surface area contributed by atoms with Crippen molar-refractivity contribution < 1.29 is 9.53 Å². The summed E-state index contributed by atoms with van der Waals surface area (Å²) >= 11 is 0. The predicted octanol–water partition coefficient (Wildman–Crippen LogP) is 4.11. The van der Waals surface area contributed by atoms with Crippen molar-refractivity contribution in [1.29, 1.82) is 0 Å². The first-order valence-corrected chi connectivity index (χ1v) is 8.91. The van der Waals surface area contributed by atoms with Crippen LogP contribution in [-0.4, -0.2) is 30.1 Å². The Balaban J connectivity index is 1.69. The molecular formula is C20H25N3O2. The molecule has 0 unspecified atom stereocenters. The van der Waals surface area contributed by atoms with Gasteiger partial charge in [-0.25, -0.2) is 4.98 Å². The van der Waals surface area contributed by atoms with E-state index in [1.165, 1.54) is 19.3 Å². The number of hydrogen-bond donors (Lipinski definition) is 1. The van der Waals surface area contributed by atoms with E-state index in [0.717, 1.165) is 18.8 Å². The standard InChI is InChI=1S/C20H25N3O2/c1-15(2)25-18-9-5-4-8-17(18)20(24)22-19-11-10-16(14-21-19)23-12-6-3-7-13-23/h4-5,8-11,14-15H,3,6-7,12-13H2,1-2H3,(H,21,22,24). The van der Waals surface area contributed by atoms with E-state index in [1.54, 1.807) is 6.07 Å². The van der Waals surface area contributed by atoms with Crippen molar-refractivity contribution >= 4 is 17.4 Å². The highest BCUT2D eigenvalue weighted by Crippen LogP contribution is 2.22. The number of para-hydroxylation sites is 1. The molecule has 1 aromatic carbocycles. The second kappa shape index (κ2) is 8.01. The Hall–Kier alpha value is -2.56. The van der Waals surface area contributed by atoms with Gasteiger partial charge in [0.25, 0.3) is 5.91 Å². The maximum absolute atomic E-state index is 12.6. The molecular weight excluding hydrogens is 314 g/mol.